The van der Waals surface area contributed by atoms with Gasteiger partial charge in [0.15, 0.2) is 0 Å². The largest absolute Gasteiger partial charge is 0.299 e. The average molecular weight is 427 g/mol. The van der Waals surface area contributed by atoms with Crippen molar-refractivity contribution in [2.75, 3.05) is 10.5 Å². The van der Waals surface area contributed by atoms with Gasteiger partial charge >= 0.3 is 0 Å². The number of hydrogen-bond acceptors (Lipinski definition) is 4. The van der Waals surface area contributed by atoms with Crippen molar-refractivity contribution in [2.24, 2.45) is 11.8 Å². The molecule has 0 bridgehead atoms. The number of fused-ring (bicyclic) bond motifs is 1. The van der Waals surface area contributed by atoms with Gasteiger partial charge in [-0.05, 0) is 60.9 Å². The predicted octanol–water partition coefficient (Wildman–Crippen LogP) is 4.13. The lowest BCUT2D eigenvalue weighted by Crippen LogP contribution is -2.18. The second kappa shape index (κ2) is 7.30. The zero-order valence-electron chi connectivity index (χ0n) is 16.5. The predicted molar refractivity (Wildman–Crippen MR) is 114 cm³/mol. The number of benzene rings is 1. The normalized spacial score (nSPS) is 17.8. The fourth-order valence-electron chi connectivity index (χ4n) is 3.92. The van der Waals surface area contributed by atoms with E-state index < -0.39 is 15.8 Å². The third-order valence-electron chi connectivity index (χ3n) is 5.87. The third-order valence-corrected chi connectivity index (χ3v) is 7.31. The standard InChI is InChI=1S/C23H23FN2O3S/c24-20-10-16(8-9-22(20)26-30(28,29)13-14-4-5-14)19-11-17(12-23(27)15-6-7-15)25-21-3-1-2-18(19)21/h1-2,8-11,14-15,26H,3-7,12-13H2. The van der Waals surface area contributed by atoms with Crippen molar-refractivity contribution in [1.82, 2.24) is 4.98 Å². The molecule has 0 unspecified atom stereocenters. The maximum absolute atomic E-state index is 14.8. The third kappa shape index (κ3) is 4.17. The Balaban J connectivity index is 1.44. The second-order valence-electron chi connectivity index (χ2n) is 8.57. The van der Waals surface area contributed by atoms with Crippen LogP contribution < -0.4 is 4.72 Å². The number of halogens is 1. The Hall–Kier alpha value is -2.54. The molecule has 1 aromatic heterocycles. The fraction of sp³-hybridized carbons (Fsp3) is 0.391. The number of sulfonamides is 1. The van der Waals surface area contributed by atoms with Crippen molar-refractivity contribution >= 4 is 27.6 Å². The van der Waals surface area contributed by atoms with E-state index in [9.17, 15) is 17.6 Å². The van der Waals surface area contributed by atoms with E-state index in [1.165, 1.54) is 12.1 Å². The van der Waals surface area contributed by atoms with Crippen LogP contribution in [0.15, 0.2) is 30.3 Å². The minimum Gasteiger partial charge on any atom is -0.299 e. The highest BCUT2D eigenvalue weighted by atomic mass is 32.2. The highest BCUT2D eigenvalue weighted by molar-refractivity contribution is 7.92. The minimum absolute atomic E-state index is 0.0369. The molecule has 1 aromatic carbocycles. The summed E-state index contributed by atoms with van der Waals surface area (Å²) in [4.78, 5) is 16.9. The Morgan fingerprint density at radius 3 is 2.67 bits per heavy atom. The molecule has 0 spiro atoms. The van der Waals surface area contributed by atoms with Crippen LogP contribution in [-0.2, 0) is 27.7 Å². The van der Waals surface area contributed by atoms with Crippen molar-refractivity contribution < 1.29 is 17.6 Å². The first kappa shape index (κ1) is 19.4. The van der Waals surface area contributed by atoms with Gasteiger partial charge in [-0.1, -0.05) is 18.2 Å². The Morgan fingerprint density at radius 2 is 1.97 bits per heavy atom. The molecule has 0 saturated heterocycles. The van der Waals surface area contributed by atoms with E-state index in [2.05, 4.69) is 9.71 Å². The number of aromatic nitrogens is 1. The van der Waals surface area contributed by atoms with E-state index in [4.69, 9.17) is 0 Å². The Morgan fingerprint density at radius 1 is 1.17 bits per heavy atom. The number of carbonyl (C=O) groups is 1. The molecule has 2 aromatic rings. The number of carbonyl (C=O) groups excluding carboxylic acids is 1. The summed E-state index contributed by atoms with van der Waals surface area (Å²) in [6, 6.07) is 6.39. The lowest BCUT2D eigenvalue weighted by atomic mass is 9.97. The van der Waals surface area contributed by atoms with Crippen LogP contribution in [0.4, 0.5) is 10.1 Å². The zero-order chi connectivity index (χ0) is 20.9. The van der Waals surface area contributed by atoms with Crippen molar-refractivity contribution in [3.63, 3.8) is 0 Å². The van der Waals surface area contributed by atoms with E-state index in [0.29, 0.717) is 24.1 Å². The van der Waals surface area contributed by atoms with E-state index in [0.717, 1.165) is 42.5 Å². The second-order valence-corrected chi connectivity index (χ2v) is 10.3. The van der Waals surface area contributed by atoms with Gasteiger partial charge in [-0.15, -0.1) is 0 Å². The van der Waals surface area contributed by atoms with Crippen LogP contribution in [0.3, 0.4) is 0 Å². The topological polar surface area (TPSA) is 76.1 Å². The molecule has 30 heavy (non-hydrogen) atoms. The molecule has 5 nitrogen and oxygen atoms in total. The maximum Gasteiger partial charge on any atom is 0.233 e. The average Bonchev–Trinajstić information content (AvgIpc) is 3.62. The smallest absolute Gasteiger partial charge is 0.233 e. The first-order valence-electron chi connectivity index (χ1n) is 10.4. The van der Waals surface area contributed by atoms with Crippen LogP contribution >= 0.6 is 0 Å². The van der Waals surface area contributed by atoms with E-state index in [1.54, 1.807) is 6.07 Å². The summed E-state index contributed by atoms with van der Waals surface area (Å²) < 4.78 is 41.5. The van der Waals surface area contributed by atoms with Crippen LogP contribution in [0.1, 0.15) is 42.6 Å². The number of hydrogen-bond donors (Lipinski definition) is 1. The molecule has 0 aliphatic heterocycles. The summed E-state index contributed by atoms with van der Waals surface area (Å²) in [6.45, 7) is 0. The molecule has 0 radical (unpaired) electrons. The molecule has 5 rings (SSSR count). The molecule has 7 heteroatoms. The monoisotopic (exact) mass is 426 g/mol. The number of anilines is 1. The Labute approximate surface area is 175 Å². The van der Waals surface area contributed by atoms with Crippen molar-refractivity contribution in [2.45, 2.75) is 38.5 Å². The SMILES string of the molecule is O=C(Cc1cc(-c2ccc(NS(=O)(=O)CC3CC3)c(F)c2)c2c(n1)CC=C2)C1CC1. The highest BCUT2D eigenvalue weighted by Crippen LogP contribution is 2.35. The minimum atomic E-state index is -3.55. The highest BCUT2D eigenvalue weighted by Gasteiger charge is 2.30. The summed E-state index contributed by atoms with van der Waals surface area (Å²) >= 11 is 0. The van der Waals surface area contributed by atoms with Crippen LogP contribution in [0.2, 0.25) is 0 Å². The number of pyridine rings is 1. The Kier molecular flexibility index (Phi) is 4.73. The summed E-state index contributed by atoms with van der Waals surface area (Å²) in [5.41, 5.74) is 3.95. The molecule has 0 amide bonds. The lowest BCUT2D eigenvalue weighted by Gasteiger charge is -2.13. The molecule has 3 aliphatic rings. The van der Waals surface area contributed by atoms with Gasteiger partial charge in [0, 0.05) is 30.0 Å². The van der Waals surface area contributed by atoms with Crippen molar-refractivity contribution in [3.8, 4) is 11.1 Å². The summed E-state index contributed by atoms with van der Waals surface area (Å²) in [6.07, 6.45) is 8.70. The van der Waals surface area contributed by atoms with Gasteiger partial charge in [0.2, 0.25) is 10.0 Å². The summed E-state index contributed by atoms with van der Waals surface area (Å²) in [7, 11) is -3.55. The first-order valence-corrected chi connectivity index (χ1v) is 12.1. The molecule has 2 fully saturated rings. The van der Waals surface area contributed by atoms with Crippen LogP contribution in [0.25, 0.3) is 17.2 Å². The molecule has 0 atom stereocenters. The summed E-state index contributed by atoms with van der Waals surface area (Å²) in [5, 5.41) is 0. The molecule has 2 saturated carbocycles. The first-order chi connectivity index (χ1) is 14.4. The molecule has 1 N–H and O–H groups in total. The molecule has 1 heterocycles. The number of rotatable bonds is 8. The molecular formula is C23H23FN2O3S. The van der Waals surface area contributed by atoms with Gasteiger partial charge in [0.1, 0.15) is 11.6 Å². The lowest BCUT2D eigenvalue weighted by molar-refractivity contribution is -0.119. The van der Waals surface area contributed by atoms with Gasteiger partial charge < -0.3 is 0 Å². The van der Waals surface area contributed by atoms with Crippen LogP contribution in [0, 0.1) is 17.7 Å². The number of allylic oxidation sites excluding steroid dienone is 1. The van der Waals surface area contributed by atoms with Gasteiger partial charge in [-0.25, -0.2) is 12.8 Å². The quantitative estimate of drug-likeness (QED) is 0.689. The molecular weight excluding hydrogens is 403 g/mol. The van der Waals surface area contributed by atoms with Crippen molar-refractivity contribution in [1.29, 1.82) is 0 Å². The fourth-order valence-corrected chi connectivity index (χ4v) is 5.46. The van der Waals surface area contributed by atoms with Crippen molar-refractivity contribution in [3.05, 3.63) is 53.1 Å². The number of Topliss-reactive ketones (excluding diaryl/α,β-unsaturated/α-hetero) is 1. The van der Waals surface area contributed by atoms with Crippen LogP contribution in [-0.4, -0.2) is 24.9 Å². The van der Waals surface area contributed by atoms with Gasteiger partial charge in [0.05, 0.1) is 17.1 Å². The maximum atomic E-state index is 14.8. The number of ketones is 1. The van der Waals surface area contributed by atoms with E-state index in [1.807, 2.05) is 18.2 Å². The molecule has 3 aliphatic carbocycles. The number of nitrogens with one attached hydrogen (secondary N) is 1. The Bertz CT molecular complexity index is 1170. The number of nitrogens with zero attached hydrogens (tertiary/aromatic N) is 1. The van der Waals surface area contributed by atoms with Gasteiger partial charge in [-0.2, -0.15) is 0 Å². The van der Waals surface area contributed by atoms with Gasteiger partial charge in [0.25, 0.3) is 0 Å². The van der Waals surface area contributed by atoms with Crippen LogP contribution in [0.5, 0.6) is 0 Å². The summed E-state index contributed by atoms with van der Waals surface area (Å²) in [5.74, 6) is -0.00863. The zero-order valence-corrected chi connectivity index (χ0v) is 17.3. The van der Waals surface area contributed by atoms with Gasteiger partial charge in [-0.3, -0.25) is 14.5 Å². The molecule has 156 valence electrons. The van der Waals surface area contributed by atoms with E-state index >= 15 is 0 Å². The van der Waals surface area contributed by atoms with E-state index in [-0.39, 0.29) is 29.1 Å².